The van der Waals surface area contributed by atoms with Crippen LogP contribution in [0.25, 0.3) is 0 Å². The lowest BCUT2D eigenvalue weighted by molar-refractivity contribution is -0.282. The molecule has 3 fully saturated rings. The molecule has 0 radical (unpaired) electrons. The summed E-state index contributed by atoms with van der Waals surface area (Å²) in [7, 11) is 6.20. The summed E-state index contributed by atoms with van der Waals surface area (Å²) >= 11 is 0. The van der Waals surface area contributed by atoms with Crippen molar-refractivity contribution in [3.63, 3.8) is 0 Å². The Morgan fingerprint density at radius 2 is 1.72 bits per heavy atom. The number of ketones is 1. The van der Waals surface area contributed by atoms with E-state index in [4.69, 9.17) is 23.7 Å². The van der Waals surface area contributed by atoms with Gasteiger partial charge in [-0.1, -0.05) is 39.8 Å². The Balaban J connectivity index is 1.86. The van der Waals surface area contributed by atoms with E-state index in [1.165, 1.54) is 0 Å². The molecular weight excluding hydrogens is 602 g/mol. The first kappa shape index (κ1) is 37.8. The first-order chi connectivity index (χ1) is 21.9. The molecule has 0 saturated carbocycles. The summed E-state index contributed by atoms with van der Waals surface area (Å²) in [6.45, 7) is 19.0. The number of carbonyl (C=O) groups excluding carboxylic acids is 3. The average molecular weight is 664 g/mol. The number of esters is 1. The van der Waals surface area contributed by atoms with Crippen LogP contribution in [0.2, 0.25) is 0 Å². The fourth-order valence-electron chi connectivity index (χ4n) is 8.75. The van der Waals surface area contributed by atoms with Crippen molar-refractivity contribution in [3.05, 3.63) is 12.2 Å². The first-order valence-corrected chi connectivity index (χ1v) is 17.6. The molecule has 4 aliphatic rings. The van der Waals surface area contributed by atoms with E-state index in [2.05, 4.69) is 58.6 Å². The average Bonchev–Trinajstić information content (AvgIpc) is 3.26. The largest absolute Gasteiger partial charge is 0.458 e. The zero-order chi connectivity index (χ0) is 35.0. The molecule has 3 saturated heterocycles. The number of rotatable bonds is 4. The third kappa shape index (κ3) is 7.59. The van der Waals surface area contributed by atoms with Crippen LogP contribution in [0.3, 0.4) is 0 Å². The summed E-state index contributed by atoms with van der Waals surface area (Å²) < 4.78 is 32.5. The predicted molar refractivity (Wildman–Crippen MR) is 179 cm³/mol. The van der Waals surface area contributed by atoms with Gasteiger partial charge in [0.15, 0.2) is 17.7 Å². The van der Waals surface area contributed by atoms with Crippen molar-refractivity contribution in [2.75, 3.05) is 40.8 Å². The molecule has 0 aromatic carbocycles. The molecule has 0 aliphatic carbocycles. The Morgan fingerprint density at radius 1 is 1.04 bits per heavy atom. The number of hydrogen-bond acceptors (Lipinski definition) is 10. The third-order valence-electron chi connectivity index (χ3n) is 11.4. The second-order valence-corrected chi connectivity index (χ2v) is 15.5. The van der Waals surface area contributed by atoms with E-state index in [0.29, 0.717) is 25.9 Å². The van der Waals surface area contributed by atoms with Crippen molar-refractivity contribution < 1.29 is 38.1 Å². The maximum absolute atomic E-state index is 14.3. The van der Waals surface area contributed by atoms with Crippen molar-refractivity contribution in [3.8, 4) is 0 Å². The van der Waals surface area contributed by atoms with Crippen LogP contribution in [-0.4, -0.2) is 127 Å². The highest BCUT2D eigenvalue weighted by molar-refractivity contribution is 6.00. The Kier molecular flexibility index (Phi) is 11.9. The molecule has 0 aromatic heterocycles. The van der Waals surface area contributed by atoms with Gasteiger partial charge in [-0.15, -0.1) is 0 Å². The van der Waals surface area contributed by atoms with Crippen LogP contribution in [0.4, 0.5) is 4.79 Å². The van der Waals surface area contributed by atoms with Crippen LogP contribution in [0.15, 0.2) is 12.2 Å². The van der Waals surface area contributed by atoms with Crippen LogP contribution in [0, 0.1) is 23.7 Å². The van der Waals surface area contributed by atoms with Gasteiger partial charge in [0.05, 0.1) is 30.5 Å². The molecule has 0 spiro atoms. The van der Waals surface area contributed by atoms with Gasteiger partial charge in [0, 0.05) is 37.0 Å². The summed E-state index contributed by atoms with van der Waals surface area (Å²) in [5.41, 5.74) is -2.06. The lowest BCUT2D eigenvalue weighted by Crippen LogP contribution is -2.61. The molecule has 2 unspecified atom stereocenters. The lowest BCUT2D eigenvalue weighted by Gasteiger charge is -2.48. The van der Waals surface area contributed by atoms with Gasteiger partial charge in [0.25, 0.3) is 0 Å². The lowest BCUT2D eigenvalue weighted by atomic mass is 9.78. The summed E-state index contributed by atoms with van der Waals surface area (Å²) in [6, 6.07) is -0.322. The normalized spacial score (nSPS) is 45.3. The standard InChI is InChI=1S/C36H61N3O8/c1-13-28-36(9)30-26(7)38(12)20-21(2)19-35(8,43-17-15-14-16-39(30)34(42)47-36)31(24(5)29(40)25(6)32(41)45-28)46-33-23(4)27(37(10)11)18-22(3)44-33/h14-15,21-28,30-31,33H,13,16-20H2,1-12H3/b15-14+/t21-,22-,23-,24+,25?,26-,27?,28-,30-,31-,33+,35-,36-/m1/s1. The van der Waals surface area contributed by atoms with Crippen molar-refractivity contribution >= 4 is 17.8 Å². The smallest absolute Gasteiger partial charge is 0.411 e. The zero-order valence-electron chi connectivity index (χ0n) is 30.9. The SMILES string of the molecule is CC[C@H]1OC(=O)C(C)C(=O)[C@H](C)[C@@H](O[C@@H]2O[C@H](C)CC(N(C)C)[C@H]2C)[C@@]2(C)C[C@@H](C)CN(C)[C@H](C)[C@H]3N(C/C=C/CO2)C(=O)O[C@]13C. The molecule has 11 nitrogen and oxygen atoms in total. The molecule has 4 aliphatic heterocycles. The van der Waals surface area contributed by atoms with Gasteiger partial charge in [-0.05, 0) is 80.9 Å². The monoisotopic (exact) mass is 663 g/mol. The molecule has 0 aromatic rings. The van der Waals surface area contributed by atoms with Crippen molar-refractivity contribution in [1.82, 2.24) is 14.7 Å². The summed E-state index contributed by atoms with van der Waals surface area (Å²) in [6.07, 6.45) is 3.19. The Labute approximate surface area is 282 Å². The van der Waals surface area contributed by atoms with E-state index in [9.17, 15) is 14.4 Å². The highest BCUT2D eigenvalue weighted by Gasteiger charge is 2.59. The number of likely N-dealkylation sites (N-methyl/N-ethyl adjacent to an activating group) is 1. The molecule has 0 N–H and O–H groups in total. The second kappa shape index (κ2) is 14.8. The Hall–Kier alpha value is -2.05. The molecule has 4 heterocycles. The zero-order valence-corrected chi connectivity index (χ0v) is 30.9. The quantitative estimate of drug-likeness (QED) is 0.242. The fraction of sp³-hybridized carbons (Fsp3) is 0.861. The van der Waals surface area contributed by atoms with E-state index in [-0.39, 0.29) is 42.4 Å². The maximum atomic E-state index is 14.3. The summed E-state index contributed by atoms with van der Waals surface area (Å²) in [4.78, 5) is 47.8. The van der Waals surface area contributed by atoms with Gasteiger partial charge in [-0.3, -0.25) is 14.5 Å². The van der Waals surface area contributed by atoms with Crippen molar-refractivity contribution in [2.24, 2.45) is 23.7 Å². The first-order valence-electron chi connectivity index (χ1n) is 17.6. The molecule has 13 atom stereocenters. The van der Waals surface area contributed by atoms with Crippen LogP contribution < -0.4 is 0 Å². The summed E-state index contributed by atoms with van der Waals surface area (Å²) in [5.74, 6) is -2.57. The van der Waals surface area contributed by atoms with Gasteiger partial charge in [0.2, 0.25) is 0 Å². The van der Waals surface area contributed by atoms with Crippen LogP contribution in [0.5, 0.6) is 0 Å². The Morgan fingerprint density at radius 3 is 2.36 bits per heavy atom. The molecule has 47 heavy (non-hydrogen) atoms. The number of fused-ring (bicyclic) bond motifs is 5. The summed E-state index contributed by atoms with van der Waals surface area (Å²) in [5, 5.41) is 0. The van der Waals surface area contributed by atoms with Crippen LogP contribution >= 0.6 is 0 Å². The van der Waals surface area contributed by atoms with E-state index in [0.717, 1.165) is 6.42 Å². The van der Waals surface area contributed by atoms with Crippen LogP contribution in [0.1, 0.15) is 81.6 Å². The minimum absolute atomic E-state index is 0.0233. The van der Waals surface area contributed by atoms with E-state index >= 15 is 0 Å². The van der Waals surface area contributed by atoms with Crippen LogP contribution in [-0.2, 0) is 33.3 Å². The number of amides is 1. The molecule has 4 rings (SSSR count). The number of nitrogens with zero attached hydrogens (tertiary/aromatic N) is 3. The van der Waals surface area contributed by atoms with E-state index < -0.39 is 59.6 Å². The minimum atomic E-state index is -1.13. The molecule has 2 bridgehead atoms. The molecular formula is C36H61N3O8. The highest BCUT2D eigenvalue weighted by atomic mass is 16.7. The third-order valence-corrected chi connectivity index (χ3v) is 11.4. The number of cyclic esters (lactones) is 1. The fourth-order valence-corrected chi connectivity index (χ4v) is 8.75. The number of carbonyl (C=O) groups is 3. The molecule has 1 amide bonds. The Bertz CT molecular complexity index is 1170. The van der Waals surface area contributed by atoms with Crippen molar-refractivity contribution in [2.45, 2.75) is 136 Å². The second-order valence-electron chi connectivity index (χ2n) is 15.5. The predicted octanol–water partition coefficient (Wildman–Crippen LogP) is 4.52. The van der Waals surface area contributed by atoms with E-state index in [1.807, 2.05) is 39.8 Å². The van der Waals surface area contributed by atoms with E-state index in [1.54, 1.807) is 11.8 Å². The van der Waals surface area contributed by atoms with Crippen molar-refractivity contribution in [1.29, 1.82) is 0 Å². The number of Topliss-reactive ketones (excluding diaryl/α,β-unsaturated/α-hetero) is 1. The van der Waals surface area contributed by atoms with Gasteiger partial charge >= 0.3 is 12.1 Å². The van der Waals surface area contributed by atoms with Gasteiger partial charge in [-0.2, -0.15) is 0 Å². The number of hydrogen-bond donors (Lipinski definition) is 0. The maximum Gasteiger partial charge on any atom is 0.411 e. The number of ether oxygens (including phenoxy) is 5. The highest BCUT2D eigenvalue weighted by Crippen LogP contribution is 2.41. The van der Waals surface area contributed by atoms with Gasteiger partial charge < -0.3 is 33.5 Å². The topological polar surface area (TPSA) is 107 Å². The van der Waals surface area contributed by atoms with Gasteiger partial charge in [-0.25, -0.2) is 4.79 Å². The van der Waals surface area contributed by atoms with Gasteiger partial charge in [0.1, 0.15) is 12.0 Å². The minimum Gasteiger partial charge on any atom is -0.458 e. The molecule has 11 heteroatoms. The molecule has 268 valence electrons.